The van der Waals surface area contributed by atoms with Gasteiger partial charge in [-0.15, -0.1) is 0 Å². The molecular formula is C28H33N2NaO4. The number of hydrogen-bond acceptors (Lipinski definition) is 5. The number of carboxylic acids is 1. The summed E-state index contributed by atoms with van der Waals surface area (Å²) in [6.07, 6.45) is 1.04. The first kappa shape index (κ1) is 28.8. The van der Waals surface area contributed by atoms with E-state index in [2.05, 4.69) is 55.6 Å². The molecule has 6 nitrogen and oxygen atoms in total. The molecule has 0 aliphatic rings. The molecule has 0 heterocycles. The molecule has 180 valence electrons. The van der Waals surface area contributed by atoms with E-state index in [1.54, 1.807) is 18.2 Å². The van der Waals surface area contributed by atoms with Crippen molar-refractivity contribution in [3.63, 3.8) is 0 Å². The van der Waals surface area contributed by atoms with Crippen LogP contribution in [0, 0.1) is 11.3 Å². The van der Waals surface area contributed by atoms with Crippen molar-refractivity contribution in [1.82, 2.24) is 5.32 Å². The zero-order valence-corrected chi connectivity index (χ0v) is 22.8. The van der Waals surface area contributed by atoms with E-state index in [1.807, 2.05) is 12.1 Å². The molecule has 0 aliphatic heterocycles. The van der Waals surface area contributed by atoms with Crippen LogP contribution in [-0.2, 0) is 17.6 Å². The Morgan fingerprint density at radius 2 is 1.89 bits per heavy atom. The topological polar surface area (TPSA) is 103 Å². The molecule has 0 spiro atoms. The number of ether oxygens (including phenoxy) is 1. The van der Waals surface area contributed by atoms with E-state index in [1.165, 1.54) is 16.3 Å². The van der Waals surface area contributed by atoms with Crippen LogP contribution in [0.1, 0.15) is 44.8 Å². The van der Waals surface area contributed by atoms with Gasteiger partial charge in [0, 0.05) is 18.5 Å². The number of nitrogens with one attached hydrogen (secondary N) is 1. The fraction of sp³-hybridized carbons (Fsp3) is 0.357. The molecule has 3 aromatic rings. The third-order valence-electron chi connectivity index (χ3n) is 5.77. The van der Waals surface area contributed by atoms with Gasteiger partial charge in [-0.1, -0.05) is 54.6 Å². The van der Waals surface area contributed by atoms with Gasteiger partial charge in [-0.2, -0.15) is 5.26 Å². The number of nitrogens with zero attached hydrogens (tertiary/aromatic N) is 1. The number of nitriles is 1. The molecule has 3 N–H and O–H groups in total. The molecule has 0 unspecified atom stereocenters. The van der Waals surface area contributed by atoms with Crippen LogP contribution in [0.2, 0.25) is 0 Å². The first-order chi connectivity index (χ1) is 16.3. The maximum Gasteiger partial charge on any atom is 1.00 e. The van der Waals surface area contributed by atoms with Crippen molar-refractivity contribution in [2.24, 2.45) is 0 Å². The second-order valence-electron chi connectivity index (χ2n) is 9.24. The van der Waals surface area contributed by atoms with Crippen LogP contribution in [0.25, 0.3) is 10.8 Å². The number of fused-ring (bicyclic) bond motifs is 1. The van der Waals surface area contributed by atoms with E-state index in [0.29, 0.717) is 30.7 Å². The molecule has 0 saturated heterocycles. The van der Waals surface area contributed by atoms with Crippen LogP contribution in [0.15, 0.2) is 60.7 Å². The Morgan fingerprint density at radius 1 is 1.14 bits per heavy atom. The predicted octanol–water partition coefficient (Wildman–Crippen LogP) is 1.59. The van der Waals surface area contributed by atoms with Gasteiger partial charge in [-0.3, -0.25) is 4.79 Å². The predicted molar refractivity (Wildman–Crippen MR) is 134 cm³/mol. The van der Waals surface area contributed by atoms with Gasteiger partial charge in [-0.25, -0.2) is 0 Å². The number of β-amino-alcohol motifs (C(OH)–C–C–N with tert-alkyl or cyclic N) is 1. The van der Waals surface area contributed by atoms with Crippen LogP contribution in [-0.4, -0.2) is 41.0 Å². The number of aliphatic hydroxyl groups excluding tert-OH is 1. The number of aliphatic carboxylic acids is 1. The third-order valence-corrected chi connectivity index (χ3v) is 5.77. The molecule has 1 atom stereocenters. The van der Waals surface area contributed by atoms with Crippen molar-refractivity contribution in [2.45, 2.75) is 51.2 Å². The smallest absolute Gasteiger partial charge is 1.00 e. The number of aryl methyl sites for hydroxylation is 1. The standard InChI is InChI=1S/C28H32N2O4.Na.H/c1-28(2,16-20-13-14-21-7-3-4-8-23(21)15-20)30-18-24(31)19-34-26-11-5-9-22(25(26)17-29)10-6-12-27(32)33;;/h3-5,7-9,11,13-15,24,30-31H,6,10,12,16,18-19H2,1-2H3,(H,32,33);;/q;+1;-1/t24-;;/m1../s1. The molecular weight excluding hydrogens is 451 g/mol. The van der Waals surface area contributed by atoms with Crippen molar-refractivity contribution < 1.29 is 50.7 Å². The van der Waals surface area contributed by atoms with Gasteiger partial charge in [0.1, 0.15) is 24.5 Å². The van der Waals surface area contributed by atoms with E-state index in [-0.39, 0.29) is 49.6 Å². The van der Waals surface area contributed by atoms with E-state index in [0.717, 1.165) is 12.0 Å². The van der Waals surface area contributed by atoms with Crippen LogP contribution in [0.5, 0.6) is 5.75 Å². The summed E-state index contributed by atoms with van der Waals surface area (Å²) in [5.41, 5.74) is 2.14. The van der Waals surface area contributed by atoms with Crippen LogP contribution < -0.4 is 39.6 Å². The maximum atomic E-state index is 10.8. The number of benzene rings is 3. The Kier molecular flexibility index (Phi) is 11.2. The molecule has 0 fully saturated rings. The van der Waals surface area contributed by atoms with Crippen LogP contribution in [0.3, 0.4) is 0 Å². The Labute approximate surface area is 230 Å². The summed E-state index contributed by atoms with van der Waals surface area (Å²) in [6.45, 7) is 4.60. The maximum absolute atomic E-state index is 10.8. The molecule has 35 heavy (non-hydrogen) atoms. The number of carboxylic acid groups (broad SMARTS) is 1. The number of carbonyl (C=O) groups is 1. The van der Waals surface area contributed by atoms with Crippen LogP contribution in [0.4, 0.5) is 0 Å². The number of aliphatic hydroxyl groups is 1. The summed E-state index contributed by atoms with van der Waals surface area (Å²) in [4.78, 5) is 10.8. The molecule has 3 aromatic carbocycles. The monoisotopic (exact) mass is 484 g/mol. The van der Waals surface area contributed by atoms with Gasteiger partial charge in [0.05, 0.1) is 5.56 Å². The SMILES string of the molecule is CC(C)(Cc1ccc2ccccc2c1)NC[C@@H](O)COc1cccc(CCCC(=O)O)c1C#N.[H-].[Na+]. The van der Waals surface area contributed by atoms with Gasteiger partial charge in [0.15, 0.2) is 0 Å². The number of rotatable bonds is 12. The zero-order valence-electron chi connectivity index (χ0n) is 21.8. The van der Waals surface area contributed by atoms with Gasteiger partial charge < -0.3 is 21.7 Å². The fourth-order valence-electron chi connectivity index (χ4n) is 4.02. The average Bonchev–Trinajstić information content (AvgIpc) is 2.81. The third kappa shape index (κ3) is 8.96. The minimum Gasteiger partial charge on any atom is -1.00 e. The average molecular weight is 485 g/mol. The van der Waals surface area contributed by atoms with Gasteiger partial charge >= 0.3 is 35.5 Å². The molecule has 7 heteroatoms. The molecule has 0 aliphatic carbocycles. The van der Waals surface area contributed by atoms with Gasteiger partial charge in [-0.05, 0) is 61.1 Å². The normalized spacial score (nSPS) is 11.9. The van der Waals surface area contributed by atoms with Gasteiger partial charge in [0.25, 0.3) is 0 Å². The second-order valence-corrected chi connectivity index (χ2v) is 9.24. The summed E-state index contributed by atoms with van der Waals surface area (Å²) in [6, 6.07) is 22.2. The Hall–Kier alpha value is -2.40. The summed E-state index contributed by atoms with van der Waals surface area (Å²) < 4.78 is 5.76. The molecule has 0 aromatic heterocycles. The molecule has 3 rings (SSSR count). The first-order valence-electron chi connectivity index (χ1n) is 11.5. The summed E-state index contributed by atoms with van der Waals surface area (Å²) in [5, 5.41) is 34.7. The summed E-state index contributed by atoms with van der Waals surface area (Å²) >= 11 is 0. The quantitative estimate of drug-likeness (QED) is 0.338. The number of hydrogen-bond donors (Lipinski definition) is 3. The Morgan fingerprint density at radius 3 is 2.60 bits per heavy atom. The van der Waals surface area contributed by atoms with Gasteiger partial charge in [0.2, 0.25) is 0 Å². The van der Waals surface area contributed by atoms with E-state index in [4.69, 9.17) is 9.84 Å². The molecule has 0 amide bonds. The largest absolute Gasteiger partial charge is 1.00 e. The summed E-state index contributed by atoms with van der Waals surface area (Å²) in [7, 11) is 0. The van der Waals surface area contributed by atoms with Crippen molar-refractivity contribution in [3.05, 3.63) is 77.4 Å². The summed E-state index contributed by atoms with van der Waals surface area (Å²) in [5.74, 6) is -0.449. The molecule has 0 radical (unpaired) electrons. The molecule has 0 bridgehead atoms. The minimum atomic E-state index is -0.856. The van der Waals surface area contributed by atoms with Crippen molar-refractivity contribution in [3.8, 4) is 11.8 Å². The minimum absolute atomic E-state index is 0. The van der Waals surface area contributed by atoms with E-state index in [9.17, 15) is 15.2 Å². The Bertz CT molecular complexity index is 1180. The van der Waals surface area contributed by atoms with E-state index < -0.39 is 12.1 Å². The zero-order chi connectivity index (χ0) is 24.6. The second kappa shape index (κ2) is 13.6. The first-order valence-corrected chi connectivity index (χ1v) is 11.5. The van der Waals surface area contributed by atoms with Crippen molar-refractivity contribution in [2.75, 3.05) is 13.2 Å². The molecule has 0 saturated carbocycles. The Balaban J connectivity index is 0.00000324. The van der Waals surface area contributed by atoms with Crippen molar-refractivity contribution in [1.29, 1.82) is 5.26 Å². The van der Waals surface area contributed by atoms with Crippen LogP contribution >= 0.6 is 0 Å². The van der Waals surface area contributed by atoms with E-state index >= 15 is 0 Å². The van der Waals surface area contributed by atoms with Crippen molar-refractivity contribution >= 4 is 16.7 Å². The fourth-order valence-corrected chi connectivity index (χ4v) is 4.02.